The van der Waals surface area contributed by atoms with Crippen molar-refractivity contribution < 1.29 is 31.4 Å². The van der Waals surface area contributed by atoms with Crippen LogP contribution in [0.15, 0.2) is 83.3 Å². The number of nitrogens with zero attached hydrogens (tertiary/aromatic N) is 5. The number of thiocarbonyl (C=S) groups is 1. The molecule has 5 aliphatic rings. The van der Waals surface area contributed by atoms with Crippen molar-refractivity contribution in [1.29, 1.82) is 0 Å². The summed E-state index contributed by atoms with van der Waals surface area (Å²) in [5, 5.41) is 23.2. The molecule has 1 radical (unpaired) electrons. The van der Waals surface area contributed by atoms with Gasteiger partial charge in [0.1, 0.15) is 24.4 Å². The number of fused-ring (bicyclic) bond motifs is 13. The van der Waals surface area contributed by atoms with Gasteiger partial charge in [-0.15, -0.1) is 0 Å². The molecule has 11 nitrogen and oxygen atoms in total. The third kappa shape index (κ3) is 11.6. The molecule has 4 N–H and O–H groups in total. The second kappa shape index (κ2) is 22.2. The van der Waals surface area contributed by atoms with E-state index < -0.39 is 5.97 Å². The Morgan fingerprint density at radius 2 is 1.44 bits per heavy atom. The number of anilines is 3. The quantitative estimate of drug-likeness (QED) is 0.0470. The average Bonchev–Trinajstić information content (AvgIpc) is 3.25. The van der Waals surface area contributed by atoms with Gasteiger partial charge in [0.15, 0.2) is 5.11 Å². The molecule has 2 bridgehead atoms. The monoisotopic (exact) mass is 894 g/mol. The number of hydrogen-bond acceptors (Lipinski definition) is 8. The molecule has 3 aromatic rings. The first-order valence-electron chi connectivity index (χ1n) is 22.0. The van der Waals surface area contributed by atoms with Crippen molar-refractivity contribution in [2.75, 3.05) is 107 Å². The molecule has 61 heavy (non-hydrogen) atoms. The summed E-state index contributed by atoms with van der Waals surface area (Å²) in [7, 11) is 0. The van der Waals surface area contributed by atoms with Crippen molar-refractivity contribution in [2.24, 2.45) is 0 Å². The molecule has 327 valence electrons. The number of hydrogen-bond donors (Lipinski definition) is 4. The summed E-state index contributed by atoms with van der Waals surface area (Å²) in [6.45, 7) is 24.2. The molecule has 3 saturated heterocycles. The molecule has 3 fully saturated rings. The maximum absolute atomic E-state index is 13.0. The van der Waals surface area contributed by atoms with E-state index in [0.29, 0.717) is 27.7 Å². The first-order valence-corrected chi connectivity index (χ1v) is 22.4. The van der Waals surface area contributed by atoms with Gasteiger partial charge < -0.3 is 40.2 Å². The first kappa shape index (κ1) is 46.2. The zero-order valence-electron chi connectivity index (χ0n) is 36.2. The molecule has 0 saturated carbocycles. The Kier molecular flexibility index (Phi) is 16.8. The smallest absolute Gasteiger partial charge is 0.478 e. The molecule has 13 heteroatoms. The van der Waals surface area contributed by atoms with Gasteiger partial charge in [0.2, 0.25) is 5.36 Å². The average molecular weight is 896 g/mol. The van der Waals surface area contributed by atoms with E-state index in [1.807, 2.05) is 12.1 Å². The van der Waals surface area contributed by atoms with Crippen LogP contribution < -0.4 is 30.8 Å². The summed E-state index contributed by atoms with van der Waals surface area (Å²) >= 11 is 5.75. The van der Waals surface area contributed by atoms with Gasteiger partial charge in [-0.3, -0.25) is 4.90 Å². The van der Waals surface area contributed by atoms with Gasteiger partial charge >= 0.3 is 23.0 Å². The van der Waals surface area contributed by atoms with Crippen LogP contribution in [0, 0.1) is 0 Å². The fraction of sp³-hybridized carbons (Fsp3) is 0.438. The molecule has 0 aromatic heterocycles. The summed E-state index contributed by atoms with van der Waals surface area (Å²) < 4.78 is 8.92. The van der Waals surface area contributed by atoms with Gasteiger partial charge in [0, 0.05) is 105 Å². The Balaban J connectivity index is 0.00000622. The summed E-state index contributed by atoms with van der Waals surface area (Å²) in [5.74, 6) is -0.315. The normalized spacial score (nSPS) is 17.6. The Labute approximate surface area is 377 Å². The fourth-order valence-corrected chi connectivity index (χ4v) is 9.04. The molecule has 0 amide bonds. The maximum Gasteiger partial charge on any atom is 2.00 e. The zero-order valence-corrected chi connectivity index (χ0v) is 38.0. The Morgan fingerprint density at radius 3 is 2.13 bits per heavy atom. The van der Waals surface area contributed by atoms with Crippen LogP contribution in [0.3, 0.4) is 0 Å². The molecule has 0 atom stereocenters. The third-order valence-electron chi connectivity index (χ3n) is 12.2. The predicted octanol–water partition coefficient (Wildman–Crippen LogP) is 7.17. The van der Waals surface area contributed by atoms with E-state index in [-0.39, 0.29) is 22.6 Å². The minimum Gasteiger partial charge on any atom is -0.478 e. The first-order chi connectivity index (χ1) is 29.3. The Morgan fingerprint density at radius 1 is 0.770 bits per heavy atom. The zero-order chi connectivity index (χ0) is 42.0. The molecular weight excluding hydrogens is 832 g/mol. The van der Waals surface area contributed by atoms with E-state index in [4.69, 9.17) is 16.6 Å². The van der Waals surface area contributed by atoms with Crippen molar-refractivity contribution in [3.05, 3.63) is 95.3 Å². The number of rotatable bonds is 11. The predicted molar refractivity (Wildman–Crippen MR) is 252 cm³/mol. The second-order valence-corrected chi connectivity index (χ2v) is 16.3. The van der Waals surface area contributed by atoms with E-state index >= 15 is 0 Å². The van der Waals surface area contributed by atoms with Crippen molar-refractivity contribution >= 4 is 51.3 Å². The van der Waals surface area contributed by atoms with Gasteiger partial charge in [-0.1, -0.05) is 18.2 Å². The van der Waals surface area contributed by atoms with Gasteiger partial charge in [0.25, 0.3) is 0 Å². The maximum atomic E-state index is 13.0. The van der Waals surface area contributed by atoms with Crippen LogP contribution in [-0.2, 0) is 23.6 Å². The molecule has 4 aliphatic heterocycles. The number of carboxylic acids is 1. The standard InChI is InChI=1S/C48H62N8O3S.Cu/c1-5-55(6-2)38-16-19-41-44(32-38)59-45-33-39(56(7-3)8-4)17-20-42(45)46(41)40-18-15-37(31-43(40)47(57)58)51-48(60)50-36-13-11-35(12-14-36)34-54-25-10-24-53-29-27-52(28-30-53)23-9-21-49-22-26-54;/h11-20,31-33,49H,5-10,21-30,34H2,1-4H3,(H2,50,57,58,60);/q;+2/p+1. The van der Waals surface area contributed by atoms with Crippen molar-refractivity contribution in [1.82, 2.24) is 24.6 Å². The molecule has 0 spiro atoms. The topological polar surface area (TPSA) is 103 Å². The second-order valence-electron chi connectivity index (χ2n) is 15.9. The number of piperazine rings is 1. The SMILES string of the molecule is CCN(CC)c1ccc2c(-c3ccc(NC(=S)Nc4ccc(CN5CCCN6CCN(CCCNCC5)CC6)cc4)cc3C(=O)O)c3ccc(=[N+](CC)CC)cc-3oc2c1.[Cu+2]. The fourth-order valence-electron chi connectivity index (χ4n) is 8.80. The Hall–Kier alpha value is -4.33. The van der Waals surface area contributed by atoms with E-state index in [1.165, 1.54) is 51.1 Å². The van der Waals surface area contributed by atoms with Crippen LogP contribution in [0.5, 0.6) is 0 Å². The summed E-state index contributed by atoms with van der Waals surface area (Å²) in [5.41, 5.74) is 6.95. The number of carbonyl (C=O) groups is 1. The van der Waals surface area contributed by atoms with Gasteiger partial charge in [-0.05, 0) is 133 Å². The van der Waals surface area contributed by atoms with Crippen LogP contribution in [0.2, 0.25) is 0 Å². The van der Waals surface area contributed by atoms with Crippen LogP contribution in [-0.4, -0.2) is 123 Å². The molecule has 3 aromatic carbocycles. The molecule has 8 rings (SSSR count). The number of benzene rings is 4. The van der Waals surface area contributed by atoms with Gasteiger partial charge in [0.05, 0.1) is 11.6 Å². The van der Waals surface area contributed by atoms with E-state index in [1.54, 1.807) is 6.07 Å². The third-order valence-corrected chi connectivity index (χ3v) is 12.4. The summed E-state index contributed by atoms with van der Waals surface area (Å²) in [6.07, 6.45) is 2.38. The van der Waals surface area contributed by atoms with Crippen molar-refractivity contribution in [3.8, 4) is 22.5 Å². The minimum atomic E-state index is -1.02. The van der Waals surface area contributed by atoms with E-state index in [2.05, 4.69) is 128 Å². The van der Waals surface area contributed by atoms with E-state index in [9.17, 15) is 9.90 Å². The number of nitrogens with one attached hydrogen (secondary N) is 3. The van der Waals surface area contributed by atoms with Gasteiger partial charge in [-0.2, -0.15) is 0 Å². The Bertz CT molecular complexity index is 2280. The number of carboxylic acid groups (broad SMARTS) is 1. The van der Waals surface area contributed by atoms with Crippen LogP contribution in [0.4, 0.5) is 17.1 Å². The van der Waals surface area contributed by atoms with Crippen LogP contribution in [0.1, 0.15) is 56.5 Å². The van der Waals surface area contributed by atoms with Gasteiger partial charge in [-0.25, -0.2) is 9.37 Å². The minimum absolute atomic E-state index is 0. The molecule has 4 heterocycles. The summed E-state index contributed by atoms with van der Waals surface area (Å²) in [6, 6.07) is 26.3. The largest absolute Gasteiger partial charge is 2.00 e. The van der Waals surface area contributed by atoms with E-state index in [0.717, 1.165) is 98.7 Å². The van der Waals surface area contributed by atoms with Crippen LogP contribution >= 0.6 is 12.2 Å². The number of aromatic carboxylic acids is 1. The molecular formula is C48H63CuN8O3S+3. The summed E-state index contributed by atoms with van der Waals surface area (Å²) in [4.78, 5) is 23.1. The van der Waals surface area contributed by atoms with Crippen LogP contribution in [0.25, 0.3) is 33.4 Å². The molecule has 0 unspecified atom stereocenters. The molecule has 1 aliphatic carbocycles. The van der Waals surface area contributed by atoms with Crippen molar-refractivity contribution in [2.45, 2.75) is 47.1 Å². The van der Waals surface area contributed by atoms with Crippen molar-refractivity contribution in [3.63, 3.8) is 0 Å².